The molecule has 0 aromatic heterocycles. The number of para-hydroxylation sites is 1. The first-order chi connectivity index (χ1) is 9.65. The summed E-state index contributed by atoms with van der Waals surface area (Å²) in [6, 6.07) is 5.16. The van der Waals surface area contributed by atoms with Crippen LogP contribution in [0.25, 0.3) is 0 Å². The van der Waals surface area contributed by atoms with Crippen molar-refractivity contribution in [1.82, 2.24) is 0 Å². The number of carbonyl (C=O) groups excluding carboxylic acids is 1. The Balaban J connectivity index is 1.99. The Labute approximate surface area is 120 Å². The van der Waals surface area contributed by atoms with E-state index in [0.717, 1.165) is 31.6 Å². The molecule has 20 heavy (non-hydrogen) atoms. The van der Waals surface area contributed by atoms with Crippen molar-refractivity contribution < 1.29 is 14.3 Å². The molecule has 4 nitrogen and oxygen atoms in total. The standard InChI is InChI=1S/C16H23NO3/c1-3-11-7-9-12(10-8-11)20-16(18)13-5-4-6-14(19-2)15(13)17/h4-6,11-12H,3,7-10,17H2,1-2H3. The predicted molar refractivity (Wildman–Crippen MR) is 78.9 cm³/mol. The molecule has 0 radical (unpaired) electrons. The maximum atomic E-state index is 12.2. The van der Waals surface area contributed by atoms with Crippen LogP contribution in [0.1, 0.15) is 49.4 Å². The molecule has 0 heterocycles. The Bertz CT molecular complexity index is 465. The Morgan fingerprint density at radius 3 is 2.60 bits per heavy atom. The molecule has 0 amide bonds. The lowest BCUT2D eigenvalue weighted by Gasteiger charge is -2.27. The summed E-state index contributed by atoms with van der Waals surface area (Å²) in [5, 5.41) is 0. The lowest BCUT2D eigenvalue weighted by atomic mass is 9.86. The number of hydrogen-bond acceptors (Lipinski definition) is 4. The van der Waals surface area contributed by atoms with Crippen LogP contribution in [0.5, 0.6) is 5.75 Å². The number of hydrogen-bond donors (Lipinski definition) is 1. The van der Waals surface area contributed by atoms with Crippen LogP contribution >= 0.6 is 0 Å². The molecule has 0 aliphatic heterocycles. The van der Waals surface area contributed by atoms with Gasteiger partial charge in [0, 0.05) is 0 Å². The second kappa shape index (κ2) is 6.64. The Kier molecular flexibility index (Phi) is 4.88. The molecule has 1 saturated carbocycles. The Morgan fingerprint density at radius 2 is 2.00 bits per heavy atom. The van der Waals surface area contributed by atoms with Crippen LogP contribution in [0, 0.1) is 5.92 Å². The van der Waals surface area contributed by atoms with Gasteiger partial charge in [-0.05, 0) is 43.7 Å². The zero-order valence-corrected chi connectivity index (χ0v) is 12.2. The van der Waals surface area contributed by atoms with Crippen LogP contribution in [0.3, 0.4) is 0 Å². The van der Waals surface area contributed by atoms with Crippen molar-refractivity contribution in [2.75, 3.05) is 12.8 Å². The molecule has 0 atom stereocenters. The summed E-state index contributed by atoms with van der Waals surface area (Å²) in [5.41, 5.74) is 6.66. The maximum absolute atomic E-state index is 12.2. The van der Waals surface area contributed by atoms with E-state index in [1.807, 2.05) is 0 Å². The predicted octanol–water partition coefficient (Wildman–Crippen LogP) is 3.40. The van der Waals surface area contributed by atoms with Crippen molar-refractivity contribution in [2.45, 2.75) is 45.1 Å². The minimum absolute atomic E-state index is 0.0240. The van der Waals surface area contributed by atoms with Gasteiger partial charge in [-0.2, -0.15) is 0 Å². The van der Waals surface area contributed by atoms with Gasteiger partial charge in [-0.3, -0.25) is 0 Å². The van der Waals surface area contributed by atoms with Crippen molar-refractivity contribution in [3.63, 3.8) is 0 Å². The highest BCUT2D eigenvalue weighted by Gasteiger charge is 2.24. The summed E-state index contributed by atoms with van der Waals surface area (Å²) in [4.78, 5) is 12.2. The fraction of sp³-hybridized carbons (Fsp3) is 0.562. The third kappa shape index (κ3) is 3.24. The van der Waals surface area contributed by atoms with E-state index >= 15 is 0 Å². The van der Waals surface area contributed by atoms with Gasteiger partial charge in [0.1, 0.15) is 11.9 Å². The molecule has 2 rings (SSSR count). The summed E-state index contributed by atoms with van der Waals surface area (Å²) in [6.45, 7) is 2.22. The van der Waals surface area contributed by atoms with Gasteiger partial charge in [0.05, 0.1) is 18.4 Å². The summed E-state index contributed by atoms with van der Waals surface area (Å²) in [5.74, 6) is 0.947. The zero-order valence-electron chi connectivity index (χ0n) is 12.2. The fourth-order valence-corrected chi connectivity index (χ4v) is 2.77. The number of methoxy groups -OCH3 is 1. The van der Waals surface area contributed by atoms with Crippen LogP contribution in [-0.2, 0) is 4.74 Å². The van der Waals surface area contributed by atoms with Gasteiger partial charge >= 0.3 is 5.97 Å². The molecule has 0 unspecified atom stereocenters. The van der Waals surface area contributed by atoms with E-state index in [-0.39, 0.29) is 12.1 Å². The third-order valence-electron chi connectivity index (χ3n) is 4.15. The minimum Gasteiger partial charge on any atom is -0.495 e. The molecule has 2 N–H and O–H groups in total. The van der Waals surface area contributed by atoms with Gasteiger partial charge in [0.2, 0.25) is 0 Å². The molecule has 1 fully saturated rings. The van der Waals surface area contributed by atoms with E-state index in [1.165, 1.54) is 13.5 Å². The number of esters is 1. The second-order valence-electron chi connectivity index (χ2n) is 5.38. The molecule has 110 valence electrons. The van der Waals surface area contributed by atoms with Gasteiger partial charge in [-0.15, -0.1) is 0 Å². The van der Waals surface area contributed by atoms with Crippen molar-refractivity contribution in [2.24, 2.45) is 5.92 Å². The van der Waals surface area contributed by atoms with E-state index < -0.39 is 0 Å². The van der Waals surface area contributed by atoms with Crippen molar-refractivity contribution in [3.8, 4) is 5.75 Å². The monoisotopic (exact) mass is 277 g/mol. The molecule has 4 heteroatoms. The van der Waals surface area contributed by atoms with Gasteiger partial charge in [0.15, 0.2) is 0 Å². The van der Waals surface area contributed by atoms with Gasteiger partial charge in [-0.25, -0.2) is 4.79 Å². The average molecular weight is 277 g/mol. The van der Waals surface area contributed by atoms with Crippen molar-refractivity contribution in [1.29, 1.82) is 0 Å². The van der Waals surface area contributed by atoms with Gasteiger partial charge < -0.3 is 15.2 Å². The molecule has 1 aliphatic carbocycles. The highest BCUT2D eigenvalue weighted by molar-refractivity contribution is 5.96. The molecule has 0 spiro atoms. The maximum Gasteiger partial charge on any atom is 0.340 e. The number of anilines is 1. The molecule has 0 bridgehead atoms. The SMILES string of the molecule is CCC1CCC(OC(=O)c2cccc(OC)c2N)CC1. The van der Waals surface area contributed by atoms with Crippen LogP contribution in [0.15, 0.2) is 18.2 Å². The number of benzene rings is 1. The van der Waals surface area contributed by atoms with Gasteiger partial charge in [-0.1, -0.05) is 19.4 Å². The number of nitrogens with two attached hydrogens (primary N) is 1. The van der Waals surface area contributed by atoms with E-state index in [2.05, 4.69) is 6.92 Å². The Morgan fingerprint density at radius 1 is 1.30 bits per heavy atom. The quantitative estimate of drug-likeness (QED) is 0.676. The van der Waals surface area contributed by atoms with E-state index in [4.69, 9.17) is 15.2 Å². The molecular weight excluding hydrogens is 254 g/mol. The lowest BCUT2D eigenvalue weighted by molar-refractivity contribution is 0.0165. The summed E-state index contributed by atoms with van der Waals surface area (Å²) >= 11 is 0. The van der Waals surface area contributed by atoms with Crippen LogP contribution in [0.2, 0.25) is 0 Å². The smallest absolute Gasteiger partial charge is 0.340 e. The Hall–Kier alpha value is -1.71. The second-order valence-corrected chi connectivity index (χ2v) is 5.38. The molecule has 1 aromatic rings. The van der Waals surface area contributed by atoms with Gasteiger partial charge in [0.25, 0.3) is 0 Å². The largest absolute Gasteiger partial charge is 0.495 e. The first kappa shape index (κ1) is 14.7. The lowest BCUT2D eigenvalue weighted by Crippen LogP contribution is -2.24. The highest BCUT2D eigenvalue weighted by atomic mass is 16.5. The van der Waals surface area contributed by atoms with E-state index in [1.54, 1.807) is 18.2 Å². The average Bonchev–Trinajstić information content (AvgIpc) is 2.48. The van der Waals surface area contributed by atoms with Crippen molar-refractivity contribution in [3.05, 3.63) is 23.8 Å². The number of carbonyl (C=O) groups is 1. The van der Waals surface area contributed by atoms with Crippen LogP contribution in [-0.4, -0.2) is 19.2 Å². The molecular formula is C16H23NO3. The van der Waals surface area contributed by atoms with Crippen LogP contribution < -0.4 is 10.5 Å². The number of rotatable bonds is 4. The minimum atomic E-state index is -0.346. The van der Waals surface area contributed by atoms with E-state index in [0.29, 0.717) is 17.0 Å². The van der Waals surface area contributed by atoms with E-state index in [9.17, 15) is 4.79 Å². The number of nitrogen functional groups attached to an aromatic ring is 1. The highest BCUT2D eigenvalue weighted by Crippen LogP contribution is 2.30. The zero-order chi connectivity index (χ0) is 14.5. The first-order valence-corrected chi connectivity index (χ1v) is 7.29. The summed E-state index contributed by atoms with van der Waals surface area (Å²) in [6.07, 6.45) is 5.42. The fourth-order valence-electron chi connectivity index (χ4n) is 2.77. The molecule has 1 aromatic carbocycles. The molecule has 1 aliphatic rings. The first-order valence-electron chi connectivity index (χ1n) is 7.29. The summed E-state index contributed by atoms with van der Waals surface area (Å²) < 4.78 is 10.7. The number of ether oxygens (including phenoxy) is 2. The molecule has 0 saturated heterocycles. The van der Waals surface area contributed by atoms with Crippen LogP contribution in [0.4, 0.5) is 5.69 Å². The normalized spacial score (nSPS) is 22.3. The topological polar surface area (TPSA) is 61.5 Å². The third-order valence-corrected chi connectivity index (χ3v) is 4.15. The van der Waals surface area contributed by atoms with Crippen molar-refractivity contribution >= 4 is 11.7 Å². The summed E-state index contributed by atoms with van der Waals surface area (Å²) in [7, 11) is 1.53.